The fourth-order valence-electron chi connectivity index (χ4n) is 6.32. The fourth-order valence-corrected chi connectivity index (χ4v) is 6.32. The molecule has 1 aliphatic carbocycles. The van der Waals surface area contributed by atoms with E-state index in [2.05, 4.69) is 31.9 Å². The average molecular weight is 613 g/mol. The lowest BCUT2D eigenvalue weighted by Crippen LogP contribution is -2.60. The zero-order chi connectivity index (χ0) is 32.7. The summed E-state index contributed by atoms with van der Waals surface area (Å²) in [5, 5.41) is 18.5. The molecule has 0 heterocycles. The molecule has 0 radical (unpaired) electrons. The van der Waals surface area contributed by atoms with Gasteiger partial charge in [0, 0.05) is 33.7 Å². The molecule has 1 saturated carbocycles. The summed E-state index contributed by atoms with van der Waals surface area (Å²) in [5.74, 6) is 0.165. The number of carbonyl (C=O) groups is 3. The van der Waals surface area contributed by atoms with Gasteiger partial charge < -0.3 is 31.9 Å². The van der Waals surface area contributed by atoms with E-state index in [0.717, 1.165) is 36.3 Å². The van der Waals surface area contributed by atoms with Crippen LogP contribution in [0.2, 0.25) is 0 Å². The van der Waals surface area contributed by atoms with E-state index in [1.165, 1.54) is 0 Å². The topological polar surface area (TPSA) is 123 Å². The first-order valence-corrected chi connectivity index (χ1v) is 15.7. The van der Waals surface area contributed by atoms with Gasteiger partial charge in [-0.2, -0.15) is 0 Å². The Bertz CT molecular complexity index is 1250. The predicted molar refractivity (Wildman–Crippen MR) is 182 cm³/mol. The molecular formula is C36H48N6O3. The quantitative estimate of drug-likeness (QED) is 0.148. The Morgan fingerprint density at radius 2 is 0.667 bits per heavy atom. The number of nitrogens with one attached hydrogen (secondary N) is 6. The van der Waals surface area contributed by atoms with Crippen LogP contribution >= 0.6 is 0 Å². The van der Waals surface area contributed by atoms with Crippen LogP contribution in [0.3, 0.4) is 0 Å². The van der Waals surface area contributed by atoms with Crippen molar-refractivity contribution in [2.75, 3.05) is 16.0 Å². The van der Waals surface area contributed by atoms with Crippen LogP contribution in [-0.4, -0.2) is 34.7 Å². The number of hydrogen-bond acceptors (Lipinski definition) is 3. The monoisotopic (exact) mass is 612 g/mol. The van der Waals surface area contributed by atoms with E-state index < -0.39 is 16.6 Å². The molecule has 6 N–H and O–H groups in total. The molecule has 0 atom stereocenters. The van der Waals surface area contributed by atoms with Gasteiger partial charge in [0.15, 0.2) is 0 Å². The van der Waals surface area contributed by atoms with Crippen molar-refractivity contribution in [1.29, 1.82) is 0 Å². The Labute approximate surface area is 267 Å². The maximum absolute atomic E-state index is 13.1. The lowest BCUT2D eigenvalue weighted by atomic mass is 9.60. The van der Waals surface area contributed by atoms with Crippen molar-refractivity contribution in [2.24, 2.45) is 17.8 Å². The molecule has 0 unspecified atom stereocenters. The number of rotatable bonds is 9. The summed E-state index contributed by atoms with van der Waals surface area (Å²) in [7, 11) is 0. The van der Waals surface area contributed by atoms with Gasteiger partial charge in [0.2, 0.25) is 0 Å². The summed E-state index contributed by atoms with van der Waals surface area (Å²) < 4.78 is 0. The van der Waals surface area contributed by atoms with E-state index in [4.69, 9.17) is 0 Å². The lowest BCUT2D eigenvalue weighted by Gasteiger charge is -2.51. The SMILES string of the molecule is CC(C)(NC(=O)Nc1ccccc1)C1CC(C(C)(C)NC(=O)Nc2ccccc2)CC(C(C)(C)NC(=O)Nc2ccccc2)C1. The molecular weight excluding hydrogens is 564 g/mol. The highest BCUT2D eigenvalue weighted by molar-refractivity contribution is 5.91. The predicted octanol–water partition coefficient (Wildman–Crippen LogP) is 7.82. The summed E-state index contributed by atoms with van der Waals surface area (Å²) >= 11 is 0. The number of para-hydroxylation sites is 3. The first kappa shape index (κ1) is 33.4. The molecule has 240 valence electrons. The van der Waals surface area contributed by atoms with Crippen molar-refractivity contribution >= 4 is 35.2 Å². The van der Waals surface area contributed by atoms with Crippen molar-refractivity contribution in [2.45, 2.75) is 77.4 Å². The normalized spacial score (nSPS) is 18.7. The molecule has 0 bridgehead atoms. The molecule has 45 heavy (non-hydrogen) atoms. The second kappa shape index (κ2) is 14.1. The van der Waals surface area contributed by atoms with Crippen molar-refractivity contribution in [3.05, 3.63) is 91.0 Å². The minimum Gasteiger partial charge on any atom is -0.333 e. The van der Waals surface area contributed by atoms with E-state index >= 15 is 0 Å². The molecule has 3 aromatic carbocycles. The van der Waals surface area contributed by atoms with Gasteiger partial charge in [-0.1, -0.05) is 54.6 Å². The molecule has 0 saturated heterocycles. The Morgan fingerprint density at radius 1 is 0.444 bits per heavy atom. The van der Waals surface area contributed by atoms with E-state index in [1.54, 1.807) is 0 Å². The number of urea groups is 3. The van der Waals surface area contributed by atoms with Crippen molar-refractivity contribution < 1.29 is 14.4 Å². The minimum atomic E-state index is -0.583. The highest BCUT2D eigenvalue weighted by Gasteiger charge is 2.47. The van der Waals surface area contributed by atoms with Crippen LogP contribution < -0.4 is 31.9 Å². The van der Waals surface area contributed by atoms with Crippen molar-refractivity contribution in [3.63, 3.8) is 0 Å². The molecule has 1 fully saturated rings. The summed E-state index contributed by atoms with van der Waals surface area (Å²) in [5.41, 5.74) is 0.404. The number of benzene rings is 3. The van der Waals surface area contributed by atoms with Crippen molar-refractivity contribution in [1.82, 2.24) is 16.0 Å². The largest absolute Gasteiger partial charge is 0.333 e. The summed E-state index contributed by atoms with van der Waals surface area (Å²) in [6, 6.07) is 27.3. The molecule has 9 nitrogen and oxygen atoms in total. The van der Waals surface area contributed by atoms with E-state index in [1.807, 2.05) is 133 Å². The van der Waals surface area contributed by atoms with E-state index in [9.17, 15) is 14.4 Å². The van der Waals surface area contributed by atoms with Crippen LogP contribution in [0.4, 0.5) is 31.4 Å². The maximum atomic E-state index is 13.1. The molecule has 0 aromatic heterocycles. The van der Waals surface area contributed by atoms with Gasteiger partial charge in [0.05, 0.1) is 0 Å². The Balaban J connectivity index is 1.53. The standard InChI is InChI=1S/C36H48N6O3/c1-34(2,40-31(43)37-28-16-10-7-11-17-28)25-22-26(35(3,4)41-32(44)38-29-18-12-8-13-19-29)24-27(23-25)36(5,6)42-33(45)39-30-20-14-9-15-21-30/h7-21,25-27H,22-24H2,1-6H3,(H2,37,40,43)(H2,38,41,44)(H2,39,42,45). The zero-order valence-electron chi connectivity index (χ0n) is 27.2. The first-order chi connectivity index (χ1) is 21.2. The molecule has 1 aliphatic rings. The van der Waals surface area contributed by atoms with Gasteiger partial charge in [0.25, 0.3) is 0 Å². The van der Waals surface area contributed by atoms with Crippen LogP contribution in [0.5, 0.6) is 0 Å². The van der Waals surface area contributed by atoms with Gasteiger partial charge in [-0.15, -0.1) is 0 Å². The third-order valence-electron chi connectivity index (χ3n) is 9.17. The van der Waals surface area contributed by atoms with E-state index in [0.29, 0.717) is 0 Å². The van der Waals surface area contributed by atoms with Gasteiger partial charge in [0.1, 0.15) is 0 Å². The summed E-state index contributed by atoms with van der Waals surface area (Å²) in [6.07, 6.45) is 2.33. The van der Waals surface area contributed by atoms with Gasteiger partial charge in [-0.05, 0) is 115 Å². The Kier molecular flexibility index (Phi) is 10.4. The minimum absolute atomic E-state index is 0.0549. The smallest absolute Gasteiger partial charge is 0.319 e. The zero-order valence-corrected chi connectivity index (χ0v) is 27.2. The van der Waals surface area contributed by atoms with Gasteiger partial charge in [-0.25, -0.2) is 14.4 Å². The molecule has 9 heteroatoms. The summed E-state index contributed by atoms with van der Waals surface area (Å²) in [4.78, 5) is 39.3. The van der Waals surface area contributed by atoms with Crippen LogP contribution in [-0.2, 0) is 0 Å². The fraction of sp³-hybridized carbons (Fsp3) is 0.417. The first-order valence-electron chi connectivity index (χ1n) is 15.7. The Morgan fingerprint density at radius 3 is 0.889 bits per heavy atom. The van der Waals surface area contributed by atoms with Crippen LogP contribution in [0.15, 0.2) is 91.0 Å². The molecule has 4 rings (SSSR count). The van der Waals surface area contributed by atoms with Crippen LogP contribution in [0.1, 0.15) is 60.8 Å². The molecule has 0 aliphatic heterocycles. The van der Waals surface area contributed by atoms with Gasteiger partial charge >= 0.3 is 18.1 Å². The number of anilines is 3. The molecule has 3 aromatic rings. The van der Waals surface area contributed by atoms with Crippen LogP contribution in [0.25, 0.3) is 0 Å². The van der Waals surface area contributed by atoms with E-state index in [-0.39, 0.29) is 35.8 Å². The lowest BCUT2D eigenvalue weighted by molar-refractivity contribution is 0.0479. The van der Waals surface area contributed by atoms with Crippen LogP contribution in [0, 0.1) is 17.8 Å². The number of hydrogen-bond donors (Lipinski definition) is 6. The average Bonchev–Trinajstić information content (AvgIpc) is 2.97. The third kappa shape index (κ3) is 9.48. The third-order valence-corrected chi connectivity index (χ3v) is 9.17. The highest BCUT2D eigenvalue weighted by Crippen LogP contribution is 2.46. The number of amides is 6. The number of carbonyl (C=O) groups excluding carboxylic acids is 3. The maximum Gasteiger partial charge on any atom is 0.319 e. The highest BCUT2D eigenvalue weighted by atomic mass is 16.2. The van der Waals surface area contributed by atoms with Crippen molar-refractivity contribution in [3.8, 4) is 0 Å². The molecule has 6 amide bonds. The second-order valence-electron chi connectivity index (χ2n) is 13.8. The van der Waals surface area contributed by atoms with Gasteiger partial charge in [-0.3, -0.25) is 0 Å². The molecule has 0 spiro atoms. The second-order valence-corrected chi connectivity index (χ2v) is 13.8. The summed E-state index contributed by atoms with van der Waals surface area (Å²) in [6.45, 7) is 12.3. The Hall–Kier alpha value is -4.53.